The summed E-state index contributed by atoms with van der Waals surface area (Å²) in [5.41, 5.74) is -1.62. The topological polar surface area (TPSA) is 89.5 Å². The fraction of sp³-hybridized carbons (Fsp3) is 0.900. The minimum absolute atomic E-state index is 0.165. The lowest BCUT2D eigenvalue weighted by Crippen LogP contribution is -2.39. The molecule has 0 aliphatic carbocycles. The van der Waals surface area contributed by atoms with Crippen LogP contribution in [-0.4, -0.2) is 79.0 Å². The summed E-state index contributed by atoms with van der Waals surface area (Å²) >= 11 is 0. The Morgan fingerprint density at radius 2 is 1.11 bits per heavy atom. The summed E-state index contributed by atoms with van der Waals surface area (Å²) in [5.74, 6) is -0.702. The smallest absolute Gasteiger partial charge is 0.311 e. The van der Waals surface area contributed by atoms with E-state index in [9.17, 15) is 9.59 Å². The highest BCUT2D eigenvalue weighted by molar-refractivity contribution is 5.80. The molecule has 8 nitrogen and oxygen atoms in total. The van der Waals surface area contributed by atoms with Crippen LogP contribution >= 0.6 is 0 Å². The molecule has 166 valence electrons. The zero-order valence-corrected chi connectivity index (χ0v) is 18.3. The van der Waals surface area contributed by atoms with Crippen LogP contribution in [0.15, 0.2) is 0 Å². The average Bonchev–Trinajstić information content (AvgIpc) is 2.66. The minimum Gasteiger partial charge on any atom is -0.463 e. The van der Waals surface area contributed by atoms with Crippen molar-refractivity contribution in [3.05, 3.63) is 0 Å². The van der Waals surface area contributed by atoms with E-state index in [1.54, 1.807) is 28.1 Å². The standard InChI is InChI=1S/C20H38O8/c1-7-20(4,18(22)28-15-13-26-11-9-24-6)16-19(2,3)17(21)27-14-12-25-10-8-23-5/h7-16H2,1-6H3. The van der Waals surface area contributed by atoms with Crippen LogP contribution in [0.4, 0.5) is 0 Å². The Kier molecular flexibility index (Phi) is 14.1. The molecule has 0 aliphatic rings. The molecule has 0 aromatic heterocycles. The maximum absolute atomic E-state index is 12.6. The van der Waals surface area contributed by atoms with Crippen LogP contribution < -0.4 is 0 Å². The van der Waals surface area contributed by atoms with Crippen LogP contribution in [0.25, 0.3) is 0 Å². The summed E-state index contributed by atoms with van der Waals surface area (Å²) < 4.78 is 31.0. The zero-order chi connectivity index (χ0) is 21.5. The van der Waals surface area contributed by atoms with Crippen molar-refractivity contribution in [2.24, 2.45) is 10.8 Å². The summed E-state index contributed by atoms with van der Waals surface area (Å²) in [5, 5.41) is 0. The quantitative estimate of drug-likeness (QED) is 0.268. The van der Waals surface area contributed by atoms with Gasteiger partial charge in [0.25, 0.3) is 0 Å². The van der Waals surface area contributed by atoms with Gasteiger partial charge in [0.2, 0.25) is 0 Å². The highest BCUT2D eigenvalue weighted by Crippen LogP contribution is 2.38. The SMILES string of the molecule is CCC(C)(CC(C)(C)C(=O)OCCOCCOC)C(=O)OCCOCCOC. The Morgan fingerprint density at radius 3 is 1.54 bits per heavy atom. The molecule has 0 N–H and O–H groups in total. The van der Waals surface area contributed by atoms with Gasteiger partial charge in [0, 0.05) is 14.2 Å². The third-order valence-electron chi connectivity index (χ3n) is 4.44. The molecule has 0 fully saturated rings. The van der Waals surface area contributed by atoms with Crippen LogP contribution in [0.3, 0.4) is 0 Å². The van der Waals surface area contributed by atoms with E-state index in [0.29, 0.717) is 52.5 Å². The number of carbonyl (C=O) groups is 2. The van der Waals surface area contributed by atoms with Crippen LogP contribution in [0.2, 0.25) is 0 Å². The van der Waals surface area contributed by atoms with E-state index >= 15 is 0 Å². The van der Waals surface area contributed by atoms with Gasteiger partial charge in [0.1, 0.15) is 13.2 Å². The molecule has 28 heavy (non-hydrogen) atoms. The molecule has 0 heterocycles. The lowest BCUT2D eigenvalue weighted by Gasteiger charge is -2.33. The molecule has 0 aromatic rings. The molecule has 0 saturated heterocycles. The molecular formula is C20H38O8. The minimum atomic E-state index is -0.828. The van der Waals surface area contributed by atoms with E-state index < -0.39 is 10.8 Å². The molecule has 0 saturated carbocycles. The van der Waals surface area contributed by atoms with E-state index in [0.717, 1.165) is 0 Å². The van der Waals surface area contributed by atoms with Gasteiger partial charge >= 0.3 is 11.9 Å². The third kappa shape index (κ3) is 10.9. The van der Waals surface area contributed by atoms with Gasteiger partial charge in [-0.25, -0.2) is 0 Å². The maximum Gasteiger partial charge on any atom is 0.311 e. The second-order valence-corrected chi connectivity index (χ2v) is 7.46. The van der Waals surface area contributed by atoms with Gasteiger partial charge in [0.05, 0.1) is 50.5 Å². The van der Waals surface area contributed by atoms with E-state index in [2.05, 4.69) is 0 Å². The number of hydrogen-bond acceptors (Lipinski definition) is 8. The van der Waals surface area contributed by atoms with Crippen molar-refractivity contribution in [3.63, 3.8) is 0 Å². The van der Waals surface area contributed by atoms with Crippen molar-refractivity contribution in [2.45, 2.75) is 40.5 Å². The van der Waals surface area contributed by atoms with Crippen molar-refractivity contribution in [1.82, 2.24) is 0 Å². The molecule has 0 spiro atoms. The van der Waals surface area contributed by atoms with Crippen molar-refractivity contribution >= 4 is 11.9 Å². The molecule has 1 atom stereocenters. The monoisotopic (exact) mass is 406 g/mol. The Morgan fingerprint density at radius 1 is 0.679 bits per heavy atom. The van der Waals surface area contributed by atoms with E-state index in [1.807, 2.05) is 13.8 Å². The van der Waals surface area contributed by atoms with Crippen molar-refractivity contribution in [3.8, 4) is 0 Å². The van der Waals surface area contributed by atoms with Crippen molar-refractivity contribution in [2.75, 3.05) is 67.1 Å². The first kappa shape index (κ1) is 26.8. The van der Waals surface area contributed by atoms with Crippen molar-refractivity contribution < 1.29 is 38.0 Å². The highest BCUT2D eigenvalue weighted by Gasteiger charge is 2.42. The molecule has 0 bridgehead atoms. The van der Waals surface area contributed by atoms with Crippen LogP contribution in [0.5, 0.6) is 0 Å². The number of hydrogen-bond donors (Lipinski definition) is 0. The van der Waals surface area contributed by atoms with E-state index in [4.69, 9.17) is 28.4 Å². The fourth-order valence-corrected chi connectivity index (χ4v) is 2.63. The number of methoxy groups -OCH3 is 2. The summed E-state index contributed by atoms with van der Waals surface area (Å²) in [6, 6.07) is 0. The van der Waals surface area contributed by atoms with Gasteiger partial charge in [-0.3, -0.25) is 9.59 Å². The third-order valence-corrected chi connectivity index (χ3v) is 4.44. The number of ether oxygens (including phenoxy) is 6. The predicted molar refractivity (Wildman–Crippen MR) is 104 cm³/mol. The zero-order valence-electron chi connectivity index (χ0n) is 18.3. The Bertz CT molecular complexity index is 438. The van der Waals surface area contributed by atoms with Gasteiger partial charge < -0.3 is 28.4 Å². The number of esters is 2. The van der Waals surface area contributed by atoms with Crippen molar-refractivity contribution in [1.29, 1.82) is 0 Å². The lowest BCUT2D eigenvalue weighted by molar-refractivity contribution is -0.164. The predicted octanol–water partition coefficient (Wildman–Crippen LogP) is 2.23. The van der Waals surface area contributed by atoms with Crippen LogP contribution in [-0.2, 0) is 38.0 Å². The summed E-state index contributed by atoms with van der Waals surface area (Å²) in [7, 11) is 3.19. The molecule has 1 unspecified atom stereocenters. The molecule has 8 heteroatoms. The first-order valence-corrected chi connectivity index (χ1v) is 9.71. The molecule has 0 rings (SSSR count). The summed E-state index contributed by atoms with van der Waals surface area (Å²) in [6.07, 6.45) is 0.871. The Balaban J connectivity index is 4.43. The number of carbonyl (C=O) groups excluding carboxylic acids is 2. The molecule has 0 aromatic carbocycles. The summed E-state index contributed by atoms with van der Waals surface area (Å²) in [6.45, 7) is 10.1. The molecule has 0 radical (unpaired) electrons. The number of rotatable bonds is 17. The average molecular weight is 407 g/mol. The fourth-order valence-electron chi connectivity index (χ4n) is 2.63. The largest absolute Gasteiger partial charge is 0.463 e. The Hall–Kier alpha value is -1.22. The molecule has 0 aliphatic heterocycles. The van der Waals surface area contributed by atoms with Gasteiger partial charge in [0.15, 0.2) is 0 Å². The van der Waals surface area contributed by atoms with Gasteiger partial charge in [-0.2, -0.15) is 0 Å². The second kappa shape index (κ2) is 14.7. The molecule has 0 amide bonds. The van der Waals surface area contributed by atoms with Gasteiger partial charge in [-0.1, -0.05) is 6.92 Å². The molecular weight excluding hydrogens is 368 g/mol. The van der Waals surface area contributed by atoms with Crippen LogP contribution in [0.1, 0.15) is 40.5 Å². The first-order valence-electron chi connectivity index (χ1n) is 9.71. The highest BCUT2D eigenvalue weighted by atomic mass is 16.6. The van der Waals surface area contributed by atoms with E-state index in [-0.39, 0.29) is 25.2 Å². The van der Waals surface area contributed by atoms with Gasteiger partial charge in [-0.15, -0.1) is 0 Å². The normalized spacial score (nSPS) is 13.8. The van der Waals surface area contributed by atoms with E-state index in [1.165, 1.54) is 0 Å². The maximum atomic E-state index is 12.6. The first-order chi connectivity index (χ1) is 13.2. The van der Waals surface area contributed by atoms with Gasteiger partial charge in [-0.05, 0) is 33.6 Å². The lowest BCUT2D eigenvalue weighted by atomic mass is 9.72. The second-order valence-electron chi connectivity index (χ2n) is 7.46. The van der Waals surface area contributed by atoms with Crippen LogP contribution in [0, 0.1) is 10.8 Å². The summed E-state index contributed by atoms with van der Waals surface area (Å²) in [4.78, 5) is 25.0. The Labute approximate surface area is 169 Å².